The van der Waals surface area contributed by atoms with Crippen LogP contribution in [0.4, 0.5) is 0 Å². The average molecular weight is 247 g/mol. The summed E-state index contributed by atoms with van der Waals surface area (Å²) in [6.45, 7) is 5.91. The fourth-order valence-corrected chi connectivity index (χ4v) is 1.06. The summed E-state index contributed by atoms with van der Waals surface area (Å²) in [5.41, 5.74) is 15.4. The van der Waals surface area contributed by atoms with Crippen LogP contribution in [0.5, 0.6) is 0 Å². The van der Waals surface area contributed by atoms with E-state index >= 15 is 0 Å². The maximum absolute atomic E-state index is 10.3. The fraction of sp³-hybridized carbons (Fsp3) is 0.818. The molecule has 0 unspecified atom stereocenters. The maximum Gasteiger partial charge on any atom is 0.320 e. The van der Waals surface area contributed by atoms with E-state index in [4.69, 9.17) is 22.3 Å². The summed E-state index contributed by atoms with van der Waals surface area (Å²) < 4.78 is 0. The van der Waals surface area contributed by atoms with Crippen molar-refractivity contribution in [3.63, 3.8) is 0 Å². The van der Waals surface area contributed by atoms with Crippen molar-refractivity contribution in [3.8, 4) is 0 Å². The number of hydrogen-bond acceptors (Lipinski definition) is 4. The topological polar surface area (TPSA) is 132 Å². The first-order valence-corrected chi connectivity index (χ1v) is 5.75. The summed E-state index contributed by atoms with van der Waals surface area (Å²) in [4.78, 5) is 20.3. The van der Waals surface area contributed by atoms with Crippen LogP contribution in [-0.2, 0) is 9.59 Å². The molecule has 7 N–H and O–H groups in total. The molecule has 6 nitrogen and oxygen atoms in total. The smallest absolute Gasteiger partial charge is 0.320 e. The first-order chi connectivity index (χ1) is 7.72. The Morgan fingerprint density at radius 2 is 1.65 bits per heavy atom. The molecule has 2 atom stereocenters. The maximum atomic E-state index is 10.3. The molecule has 0 spiro atoms. The molecule has 0 heterocycles. The van der Waals surface area contributed by atoms with Gasteiger partial charge in [0.15, 0.2) is 0 Å². The molecule has 0 saturated carbocycles. The van der Waals surface area contributed by atoms with Gasteiger partial charge in [0.1, 0.15) is 6.04 Å². The standard InChI is InChI=1S/C6H14N2O.C5H11NO2/c1-4(2)3-5(7)6(8)9;1-2-3-4(6)5(7)8/h4-5H,3,7H2,1-2H3,(H2,8,9);4H,2-3,6H2,1H3,(H,7,8)/t5-;4-/m00/s1. The van der Waals surface area contributed by atoms with Gasteiger partial charge in [0.25, 0.3) is 0 Å². The van der Waals surface area contributed by atoms with Crippen LogP contribution in [-0.4, -0.2) is 29.1 Å². The number of carboxylic acids is 1. The SMILES string of the molecule is CC(C)C[C@H](N)C(N)=O.CCC[C@H](N)C(=O)O. The highest BCUT2D eigenvalue weighted by Crippen LogP contribution is 2.00. The lowest BCUT2D eigenvalue weighted by Gasteiger charge is -2.08. The predicted molar refractivity (Wildman–Crippen MR) is 67.1 cm³/mol. The first kappa shape index (κ1) is 18.2. The van der Waals surface area contributed by atoms with Crippen LogP contribution in [0.15, 0.2) is 0 Å². The lowest BCUT2D eigenvalue weighted by molar-refractivity contribution is -0.138. The molecule has 0 aromatic heterocycles. The van der Waals surface area contributed by atoms with E-state index < -0.39 is 24.0 Å². The Balaban J connectivity index is 0. The summed E-state index contributed by atoms with van der Waals surface area (Å²) in [5.74, 6) is -0.886. The van der Waals surface area contributed by atoms with Crippen molar-refractivity contribution in [2.45, 2.75) is 52.1 Å². The van der Waals surface area contributed by atoms with E-state index in [1.54, 1.807) is 0 Å². The molecule has 0 radical (unpaired) electrons. The molecule has 0 rings (SSSR count). The quantitative estimate of drug-likeness (QED) is 0.526. The van der Waals surface area contributed by atoms with Gasteiger partial charge in [0.05, 0.1) is 6.04 Å². The van der Waals surface area contributed by atoms with Crippen LogP contribution in [0.25, 0.3) is 0 Å². The third kappa shape index (κ3) is 12.8. The van der Waals surface area contributed by atoms with Crippen molar-refractivity contribution in [1.82, 2.24) is 0 Å². The number of carbonyl (C=O) groups is 2. The summed E-state index contributed by atoms with van der Waals surface area (Å²) in [5, 5.41) is 8.19. The van der Waals surface area contributed by atoms with Crippen molar-refractivity contribution < 1.29 is 14.7 Å². The number of carbonyl (C=O) groups excluding carboxylic acids is 1. The Labute approximate surface area is 103 Å². The van der Waals surface area contributed by atoms with E-state index in [1.807, 2.05) is 20.8 Å². The number of primary amides is 1. The Bertz CT molecular complexity index is 232. The summed E-state index contributed by atoms with van der Waals surface area (Å²) in [7, 11) is 0. The van der Waals surface area contributed by atoms with Gasteiger partial charge in [-0.25, -0.2) is 0 Å². The Hall–Kier alpha value is -1.14. The van der Waals surface area contributed by atoms with Gasteiger partial charge in [-0.1, -0.05) is 27.2 Å². The highest BCUT2D eigenvalue weighted by Gasteiger charge is 2.09. The highest BCUT2D eigenvalue weighted by atomic mass is 16.4. The fourth-order valence-electron chi connectivity index (χ4n) is 1.06. The molecule has 1 amide bonds. The molecule has 0 fully saturated rings. The molecular formula is C11H25N3O3. The summed E-state index contributed by atoms with van der Waals surface area (Å²) >= 11 is 0. The van der Waals surface area contributed by atoms with Gasteiger partial charge in [-0.3, -0.25) is 9.59 Å². The van der Waals surface area contributed by atoms with Gasteiger partial charge in [-0.15, -0.1) is 0 Å². The lowest BCUT2D eigenvalue weighted by atomic mass is 10.0. The van der Waals surface area contributed by atoms with Crippen molar-refractivity contribution >= 4 is 11.9 Å². The van der Waals surface area contributed by atoms with Crippen molar-refractivity contribution in [3.05, 3.63) is 0 Å². The van der Waals surface area contributed by atoms with Crippen molar-refractivity contribution in [2.75, 3.05) is 0 Å². The van der Waals surface area contributed by atoms with Crippen molar-refractivity contribution in [2.24, 2.45) is 23.1 Å². The molecule has 0 aliphatic heterocycles. The molecular weight excluding hydrogens is 222 g/mol. The Kier molecular flexibility index (Phi) is 10.8. The number of aliphatic carboxylic acids is 1. The van der Waals surface area contributed by atoms with Crippen LogP contribution >= 0.6 is 0 Å². The minimum absolute atomic E-state index is 0.413. The monoisotopic (exact) mass is 247 g/mol. The normalized spacial score (nSPS) is 13.5. The molecule has 6 heteroatoms. The number of rotatable bonds is 6. The third-order valence-corrected chi connectivity index (χ3v) is 2.01. The van der Waals surface area contributed by atoms with Gasteiger partial charge < -0.3 is 22.3 Å². The highest BCUT2D eigenvalue weighted by molar-refractivity contribution is 5.79. The Morgan fingerprint density at radius 1 is 1.18 bits per heavy atom. The second-order valence-corrected chi connectivity index (χ2v) is 4.37. The van der Waals surface area contributed by atoms with Crippen molar-refractivity contribution in [1.29, 1.82) is 0 Å². The molecule has 17 heavy (non-hydrogen) atoms. The largest absolute Gasteiger partial charge is 0.480 e. The molecule has 0 aromatic rings. The van der Waals surface area contributed by atoms with E-state index in [0.29, 0.717) is 18.8 Å². The second kappa shape index (κ2) is 10.0. The second-order valence-electron chi connectivity index (χ2n) is 4.37. The number of hydrogen-bond donors (Lipinski definition) is 4. The zero-order valence-electron chi connectivity index (χ0n) is 10.8. The van der Waals surface area contributed by atoms with E-state index in [-0.39, 0.29) is 0 Å². The zero-order valence-corrected chi connectivity index (χ0v) is 10.8. The third-order valence-electron chi connectivity index (χ3n) is 2.01. The molecule has 0 bridgehead atoms. The summed E-state index contributed by atoms with van der Waals surface area (Å²) in [6.07, 6.45) is 2.07. The van der Waals surface area contributed by atoms with E-state index in [0.717, 1.165) is 6.42 Å². The van der Waals surface area contributed by atoms with Gasteiger partial charge in [0.2, 0.25) is 5.91 Å². The van der Waals surface area contributed by atoms with Gasteiger partial charge in [-0.2, -0.15) is 0 Å². The molecule has 0 aromatic carbocycles. The molecule has 0 saturated heterocycles. The van der Waals surface area contributed by atoms with Gasteiger partial charge >= 0.3 is 5.97 Å². The van der Waals surface area contributed by atoms with Crippen LogP contribution in [0.3, 0.4) is 0 Å². The van der Waals surface area contributed by atoms with Crippen LogP contribution < -0.4 is 17.2 Å². The first-order valence-electron chi connectivity index (χ1n) is 5.75. The van der Waals surface area contributed by atoms with Gasteiger partial charge in [-0.05, 0) is 18.8 Å². The van der Waals surface area contributed by atoms with E-state index in [2.05, 4.69) is 0 Å². The number of carboxylic acid groups (broad SMARTS) is 1. The van der Waals surface area contributed by atoms with Crippen LogP contribution in [0.2, 0.25) is 0 Å². The Morgan fingerprint density at radius 3 is 1.76 bits per heavy atom. The van der Waals surface area contributed by atoms with E-state index in [1.165, 1.54) is 0 Å². The molecule has 0 aliphatic rings. The molecule has 0 aliphatic carbocycles. The van der Waals surface area contributed by atoms with E-state index in [9.17, 15) is 9.59 Å². The minimum atomic E-state index is -0.910. The van der Waals surface area contributed by atoms with Gasteiger partial charge in [0, 0.05) is 0 Å². The zero-order chi connectivity index (χ0) is 14.0. The average Bonchev–Trinajstić information content (AvgIpc) is 2.17. The lowest BCUT2D eigenvalue weighted by Crippen LogP contribution is -2.37. The molecule has 102 valence electrons. The predicted octanol–water partition coefficient (Wildman–Crippen LogP) is 0.0435. The minimum Gasteiger partial charge on any atom is -0.480 e. The van der Waals surface area contributed by atoms with Crippen LogP contribution in [0.1, 0.15) is 40.0 Å². The number of amides is 1. The summed E-state index contributed by atoms with van der Waals surface area (Å²) in [6, 6.07) is -1.13. The van der Waals surface area contributed by atoms with Crippen LogP contribution in [0, 0.1) is 5.92 Å². The number of nitrogens with two attached hydrogens (primary N) is 3.